The van der Waals surface area contributed by atoms with Gasteiger partial charge in [0, 0.05) is 43.1 Å². The molecule has 0 aliphatic rings. The molecule has 16 nitrogen and oxygen atoms in total. The number of anilines is 2. The molecular weight excluding hydrogens is 895 g/mol. The first-order valence-electron chi connectivity index (χ1n) is 22.2. The molecule has 0 bridgehead atoms. The molecule has 2 aromatic carbocycles. The minimum Gasteiger partial charge on any atom is -0.382 e. The molecule has 3 aromatic heterocycles. The topological polar surface area (TPSA) is 204 Å². The Morgan fingerprint density at radius 1 is 0.588 bits per heavy atom. The van der Waals surface area contributed by atoms with Gasteiger partial charge in [0.2, 0.25) is 0 Å². The molecule has 0 atom stereocenters. The third kappa shape index (κ3) is 11.3. The second kappa shape index (κ2) is 20.6. The smallest absolute Gasteiger partial charge is 0.382 e. The summed E-state index contributed by atoms with van der Waals surface area (Å²) in [5.74, 6) is -1.58. The molecule has 3 heterocycles. The Bertz CT molecular complexity index is 2490. The van der Waals surface area contributed by atoms with Crippen molar-refractivity contribution in [3.63, 3.8) is 0 Å². The van der Waals surface area contributed by atoms with E-state index in [0.717, 1.165) is 43.4 Å². The summed E-state index contributed by atoms with van der Waals surface area (Å²) in [4.78, 5) is 39.0. The summed E-state index contributed by atoms with van der Waals surface area (Å²) in [7, 11) is 0. The van der Waals surface area contributed by atoms with Gasteiger partial charge in [-0.05, 0) is 51.0 Å². The van der Waals surface area contributed by atoms with Crippen molar-refractivity contribution >= 4 is 46.2 Å². The van der Waals surface area contributed by atoms with E-state index in [4.69, 9.17) is 11.5 Å². The lowest BCUT2D eigenvalue weighted by Gasteiger charge is -2.22. The number of nitrogen functional groups attached to an aromatic ring is 2. The van der Waals surface area contributed by atoms with Gasteiger partial charge in [-0.2, -0.15) is 45.9 Å². The standard InChI is InChI=1S/C46H58F6N14O2/c1-11-15-23-63(13-3)41(67)27-19-17-21-29(45(47,48)49)33(27)57-59-35-37(43(5,6)7)61-65(39(35)53)31-25-32(56-26-55-31)66-40(54)36(38(62-66)44(8,9)10)60-58-34-28(20-18-22-30(34)46(50,51)52)42(68)64(14-4)24-16-12-2/h17-22,25-26H,11-16,23-24,53-54H2,1-10H3/b59-57+,60-58+. The van der Waals surface area contributed by atoms with E-state index in [1.165, 1.54) is 37.4 Å². The Labute approximate surface area is 390 Å². The summed E-state index contributed by atoms with van der Waals surface area (Å²) in [5, 5.41) is 26.0. The average molecular weight is 953 g/mol. The molecule has 366 valence electrons. The Hall–Kier alpha value is -6.74. The predicted molar refractivity (Wildman–Crippen MR) is 247 cm³/mol. The number of alkyl halides is 6. The first-order valence-corrected chi connectivity index (χ1v) is 22.2. The van der Waals surface area contributed by atoms with E-state index in [1.54, 1.807) is 55.4 Å². The molecule has 0 aliphatic heterocycles. The van der Waals surface area contributed by atoms with Crippen LogP contribution in [-0.4, -0.2) is 77.3 Å². The number of unbranched alkanes of at least 4 members (excludes halogenated alkanes) is 2. The summed E-state index contributed by atoms with van der Waals surface area (Å²) < 4.78 is 89.4. The van der Waals surface area contributed by atoms with Crippen molar-refractivity contribution < 1.29 is 35.9 Å². The van der Waals surface area contributed by atoms with Crippen molar-refractivity contribution in [2.24, 2.45) is 20.5 Å². The lowest BCUT2D eigenvalue weighted by Crippen LogP contribution is -2.32. The zero-order valence-corrected chi connectivity index (χ0v) is 39.9. The summed E-state index contributed by atoms with van der Waals surface area (Å²) >= 11 is 0. The Kier molecular flexibility index (Phi) is 15.9. The van der Waals surface area contributed by atoms with Crippen LogP contribution < -0.4 is 11.5 Å². The number of azo groups is 2. The van der Waals surface area contributed by atoms with Crippen LogP contribution in [0.2, 0.25) is 0 Å². The first-order chi connectivity index (χ1) is 31.8. The molecule has 0 saturated heterocycles. The van der Waals surface area contributed by atoms with Crippen LogP contribution in [0.15, 0.2) is 69.2 Å². The van der Waals surface area contributed by atoms with Crippen molar-refractivity contribution in [1.82, 2.24) is 39.3 Å². The van der Waals surface area contributed by atoms with Gasteiger partial charge in [0.05, 0.1) is 33.6 Å². The SMILES string of the molecule is CCCCN(CC)C(=O)c1cccc(C(F)(F)F)c1/N=N/c1c(C(C)(C)C)nn(-c2cc(-n3nc(C(C)(C)C)c(/N=N/c4c(C(=O)N(CC)CCCC)cccc4C(F)(F)F)c3N)ncn2)c1N. The largest absolute Gasteiger partial charge is 0.418 e. The van der Waals surface area contributed by atoms with Crippen LogP contribution >= 0.6 is 0 Å². The van der Waals surface area contributed by atoms with E-state index in [0.29, 0.717) is 25.9 Å². The molecule has 5 aromatic rings. The van der Waals surface area contributed by atoms with Gasteiger partial charge in [-0.3, -0.25) is 9.59 Å². The Morgan fingerprint density at radius 3 is 1.25 bits per heavy atom. The van der Waals surface area contributed by atoms with E-state index in [-0.39, 0.29) is 70.3 Å². The number of aromatic nitrogens is 6. The summed E-state index contributed by atoms with van der Waals surface area (Å²) in [6.45, 7) is 19.2. The van der Waals surface area contributed by atoms with E-state index < -0.39 is 57.5 Å². The fourth-order valence-corrected chi connectivity index (χ4v) is 7.12. The molecule has 2 amide bonds. The maximum Gasteiger partial charge on any atom is 0.418 e. The third-order valence-corrected chi connectivity index (χ3v) is 10.8. The van der Waals surface area contributed by atoms with E-state index in [1.807, 2.05) is 13.8 Å². The van der Waals surface area contributed by atoms with Gasteiger partial charge >= 0.3 is 12.4 Å². The highest BCUT2D eigenvalue weighted by molar-refractivity contribution is 6.00. The number of carbonyl (C=O) groups is 2. The van der Waals surface area contributed by atoms with Gasteiger partial charge in [-0.25, -0.2) is 9.97 Å². The second-order valence-electron chi connectivity index (χ2n) is 18.0. The Balaban J connectivity index is 1.65. The molecule has 68 heavy (non-hydrogen) atoms. The lowest BCUT2D eigenvalue weighted by atomic mass is 9.91. The number of benzene rings is 2. The molecule has 0 unspecified atom stereocenters. The molecule has 22 heteroatoms. The number of halogens is 6. The first kappa shape index (κ1) is 52.2. The third-order valence-electron chi connectivity index (χ3n) is 10.8. The van der Waals surface area contributed by atoms with Gasteiger partial charge in [0.25, 0.3) is 11.8 Å². The molecular formula is C46H58F6N14O2. The van der Waals surface area contributed by atoms with Gasteiger partial charge in [-0.1, -0.05) is 80.4 Å². The van der Waals surface area contributed by atoms with Gasteiger partial charge in [0.15, 0.2) is 34.6 Å². The number of nitrogens with two attached hydrogens (primary N) is 2. The van der Waals surface area contributed by atoms with E-state index >= 15 is 0 Å². The number of nitrogens with zero attached hydrogens (tertiary/aromatic N) is 12. The number of hydrogen-bond donors (Lipinski definition) is 2. The number of hydrogen-bond acceptors (Lipinski definition) is 12. The van der Waals surface area contributed by atoms with E-state index in [2.05, 4.69) is 40.6 Å². The number of amides is 2. The number of rotatable bonds is 16. The molecule has 4 N–H and O–H groups in total. The maximum absolute atomic E-state index is 14.5. The van der Waals surface area contributed by atoms with E-state index in [9.17, 15) is 35.9 Å². The van der Waals surface area contributed by atoms with Crippen LogP contribution in [0.3, 0.4) is 0 Å². The minimum atomic E-state index is -4.90. The van der Waals surface area contributed by atoms with Crippen LogP contribution in [0.5, 0.6) is 0 Å². The number of carbonyl (C=O) groups excluding carboxylic acids is 2. The average Bonchev–Trinajstić information content (AvgIpc) is 3.80. The van der Waals surface area contributed by atoms with Crippen molar-refractivity contribution in [3.8, 4) is 11.6 Å². The fourth-order valence-electron chi connectivity index (χ4n) is 7.12. The van der Waals surface area contributed by atoms with Crippen LogP contribution in [0.25, 0.3) is 11.6 Å². The summed E-state index contributed by atoms with van der Waals surface area (Å²) in [6, 6.07) is 7.87. The van der Waals surface area contributed by atoms with Crippen LogP contribution in [0.1, 0.15) is 138 Å². The predicted octanol–water partition coefficient (Wildman–Crippen LogP) is 12.0. The van der Waals surface area contributed by atoms with Crippen molar-refractivity contribution in [1.29, 1.82) is 0 Å². The van der Waals surface area contributed by atoms with Crippen LogP contribution in [0.4, 0.5) is 60.7 Å². The summed E-state index contributed by atoms with van der Waals surface area (Å²) in [5.41, 5.74) is 7.67. The lowest BCUT2D eigenvalue weighted by molar-refractivity contribution is -0.137. The minimum absolute atomic E-state index is 0.0294. The molecule has 5 rings (SSSR count). The van der Waals surface area contributed by atoms with Gasteiger partial charge < -0.3 is 21.3 Å². The molecule has 0 fully saturated rings. The fraction of sp³-hybridized carbons (Fsp3) is 0.478. The van der Waals surface area contributed by atoms with Crippen LogP contribution in [0, 0.1) is 0 Å². The second-order valence-corrected chi connectivity index (χ2v) is 18.0. The zero-order chi connectivity index (χ0) is 50.5. The van der Waals surface area contributed by atoms with Crippen molar-refractivity contribution in [2.75, 3.05) is 37.6 Å². The highest BCUT2D eigenvalue weighted by Gasteiger charge is 2.38. The monoisotopic (exact) mass is 952 g/mol. The highest BCUT2D eigenvalue weighted by atomic mass is 19.4. The Morgan fingerprint density at radius 2 is 0.941 bits per heavy atom. The maximum atomic E-state index is 14.5. The van der Waals surface area contributed by atoms with Crippen LogP contribution in [-0.2, 0) is 23.2 Å². The molecule has 0 radical (unpaired) electrons. The molecule has 0 spiro atoms. The quantitative estimate of drug-likeness (QED) is 0.0717. The van der Waals surface area contributed by atoms with Gasteiger partial charge in [0.1, 0.15) is 17.7 Å². The molecule has 0 aliphatic carbocycles. The zero-order valence-electron chi connectivity index (χ0n) is 39.9. The van der Waals surface area contributed by atoms with Gasteiger partial charge in [-0.15, -0.1) is 20.5 Å². The molecule has 0 saturated carbocycles. The highest BCUT2D eigenvalue weighted by Crippen LogP contribution is 2.44. The summed E-state index contributed by atoms with van der Waals surface area (Å²) in [6.07, 6.45) is -5.83. The van der Waals surface area contributed by atoms with Crippen molar-refractivity contribution in [2.45, 2.75) is 118 Å². The normalized spacial score (nSPS) is 12.7. The van der Waals surface area contributed by atoms with Crippen molar-refractivity contribution in [3.05, 3.63) is 82.4 Å².